The van der Waals surface area contributed by atoms with Crippen LogP contribution in [0.3, 0.4) is 0 Å². The van der Waals surface area contributed by atoms with Gasteiger partial charge >= 0.3 is 12.6 Å². The fourth-order valence-electron chi connectivity index (χ4n) is 1.71. The number of carbonyl (C=O) groups excluding carboxylic acids is 1. The molecule has 1 rings (SSSR count). The predicted molar refractivity (Wildman–Crippen MR) is 63.1 cm³/mol. The van der Waals surface area contributed by atoms with Crippen LogP contribution in [0.1, 0.15) is 30.0 Å². The van der Waals surface area contributed by atoms with Crippen molar-refractivity contribution in [1.29, 1.82) is 5.26 Å². The Morgan fingerprint density at radius 2 is 2.00 bits per heavy atom. The van der Waals surface area contributed by atoms with E-state index in [0.29, 0.717) is 0 Å². The van der Waals surface area contributed by atoms with Crippen LogP contribution < -0.4 is 4.74 Å². The smallest absolute Gasteiger partial charge is 0.387 e. The lowest BCUT2D eigenvalue weighted by Crippen LogP contribution is -2.13. The van der Waals surface area contributed by atoms with Gasteiger partial charge in [-0.3, -0.25) is 4.79 Å². The molecule has 0 aliphatic heterocycles. The van der Waals surface area contributed by atoms with Crippen LogP contribution in [-0.4, -0.2) is 19.2 Å². The topological polar surface area (TPSA) is 59.3 Å². The molecule has 1 aromatic rings. The van der Waals surface area contributed by atoms with Crippen LogP contribution in [0.25, 0.3) is 0 Å². The van der Waals surface area contributed by atoms with Gasteiger partial charge in [0.2, 0.25) is 0 Å². The number of ether oxygens (including phenoxy) is 2. The molecule has 0 aliphatic rings. The lowest BCUT2D eigenvalue weighted by Gasteiger charge is -2.15. The summed E-state index contributed by atoms with van der Waals surface area (Å²) in [4.78, 5) is 11.4. The van der Waals surface area contributed by atoms with Crippen molar-refractivity contribution in [3.05, 3.63) is 28.8 Å². The maximum Gasteiger partial charge on any atom is 0.387 e. The van der Waals surface area contributed by atoms with E-state index in [-0.39, 0.29) is 12.2 Å². The van der Waals surface area contributed by atoms with E-state index in [4.69, 9.17) is 5.26 Å². The second kappa shape index (κ2) is 7.47. The summed E-state index contributed by atoms with van der Waals surface area (Å²) >= 11 is 0. The van der Waals surface area contributed by atoms with Crippen LogP contribution in [0.2, 0.25) is 0 Å². The Morgan fingerprint density at radius 3 is 2.48 bits per heavy atom. The second-order valence-corrected chi connectivity index (χ2v) is 3.79. The molecule has 0 heterocycles. The Labute approximate surface area is 117 Å². The van der Waals surface area contributed by atoms with Gasteiger partial charge in [-0.1, -0.05) is 6.07 Å². The summed E-state index contributed by atoms with van der Waals surface area (Å²) in [7, 11) is 0. The van der Waals surface area contributed by atoms with Gasteiger partial charge in [-0.2, -0.15) is 14.0 Å². The summed E-state index contributed by atoms with van der Waals surface area (Å²) in [5.41, 5.74) is -1.58. The minimum Gasteiger partial charge on any atom is -0.466 e. The molecule has 0 radical (unpaired) electrons. The molecule has 0 spiro atoms. The number of halogens is 4. The Kier molecular flexibility index (Phi) is 5.96. The molecule has 8 heteroatoms. The summed E-state index contributed by atoms with van der Waals surface area (Å²) < 4.78 is 59.5. The standard InChI is InChI=1S/C13H11F4NO3/c1-2-20-9(19)5-7-3-4-8(6-18)11(21-13(16)17)10(7)12(14)15/h3-4,12-13H,2,5H2,1H3. The van der Waals surface area contributed by atoms with Gasteiger partial charge in [0.05, 0.1) is 24.2 Å². The number of carbonyl (C=O) groups is 1. The van der Waals surface area contributed by atoms with Crippen molar-refractivity contribution in [3.8, 4) is 11.8 Å². The lowest BCUT2D eigenvalue weighted by molar-refractivity contribution is -0.142. The number of esters is 1. The third kappa shape index (κ3) is 4.34. The largest absolute Gasteiger partial charge is 0.466 e. The monoisotopic (exact) mass is 305 g/mol. The number of nitrogens with zero attached hydrogens (tertiary/aromatic N) is 1. The summed E-state index contributed by atoms with van der Waals surface area (Å²) in [6, 6.07) is 3.63. The molecular formula is C13H11F4NO3. The zero-order valence-electron chi connectivity index (χ0n) is 10.9. The molecule has 0 N–H and O–H groups in total. The van der Waals surface area contributed by atoms with Gasteiger partial charge in [-0.05, 0) is 18.6 Å². The fraction of sp³-hybridized carbons (Fsp3) is 0.385. The van der Waals surface area contributed by atoms with Gasteiger partial charge < -0.3 is 9.47 Å². The van der Waals surface area contributed by atoms with Crippen LogP contribution in [0.4, 0.5) is 17.6 Å². The Bertz CT molecular complexity index is 555. The fourth-order valence-corrected chi connectivity index (χ4v) is 1.71. The number of rotatable bonds is 6. The molecule has 0 unspecified atom stereocenters. The number of nitriles is 1. The number of benzene rings is 1. The molecule has 1 aromatic carbocycles. The van der Waals surface area contributed by atoms with Crippen molar-refractivity contribution >= 4 is 5.97 Å². The molecule has 114 valence electrons. The third-order valence-electron chi connectivity index (χ3n) is 2.47. The van der Waals surface area contributed by atoms with Gasteiger partial charge in [0.15, 0.2) is 5.75 Å². The first-order chi connectivity index (χ1) is 9.90. The minimum absolute atomic E-state index is 0.0551. The Balaban J connectivity index is 3.32. The average molecular weight is 305 g/mol. The first-order valence-corrected chi connectivity index (χ1v) is 5.85. The minimum atomic E-state index is -3.37. The summed E-state index contributed by atoms with van der Waals surface area (Å²) in [6.45, 7) is -1.78. The second-order valence-electron chi connectivity index (χ2n) is 3.79. The van der Waals surface area contributed by atoms with E-state index in [1.54, 1.807) is 0 Å². The molecule has 0 saturated heterocycles. The molecule has 0 bridgehead atoms. The molecule has 21 heavy (non-hydrogen) atoms. The number of hydrogen-bond acceptors (Lipinski definition) is 4. The zero-order chi connectivity index (χ0) is 16.0. The van der Waals surface area contributed by atoms with E-state index in [1.807, 2.05) is 0 Å². The lowest BCUT2D eigenvalue weighted by atomic mass is 10.00. The summed E-state index contributed by atoms with van der Waals surface area (Å²) in [5, 5.41) is 8.78. The number of alkyl halides is 4. The van der Waals surface area contributed by atoms with E-state index in [9.17, 15) is 22.4 Å². The van der Waals surface area contributed by atoms with Crippen molar-refractivity contribution in [2.75, 3.05) is 6.61 Å². The van der Waals surface area contributed by atoms with Crippen LogP contribution in [0.15, 0.2) is 12.1 Å². The van der Waals surface area contributed by atoms with Crippen LogP contribution in [-0.2, 0) is 16.0 Å². The maximum absolute atomic E-state index is 13.1. The number of hydrogen-bond donors (Lipinski definition) is 0. The van der Waals surface area contributed by atoms with Crippen molar-refractivity contribution in [3.63, 3.8) is 0 Å². The van der Waals surface area contributed by atoms with Gasteiger partial charge in [0.1, 0.15) is 6.07 Å². The molecule has 0 saturated carbocycles. The van der Waals surface area contributed by atoms with Crippen LogP contribution in [0.5, 0.6) is 5.75 Å². The Morgan fingerprint density at radius 1 is 1.33 bits per heavy atom. The SMILES string of the molecule is CCOC(=O)Cc1ccc(C#N)c(OC(F)F)c1C(F)F. The molecular weight excluding hydrogens is 294 g/mol. The van der Waals surface area contributed by atoms with Gasteiger partial charge in [-0.25, -0.2) is 8.78 Å². The van der Waals surface area contributed by atoms with Crippen molar-refractivity contribution in [2.24, 2.45) is 0 Å². The summed E-state index contributed by atoms with van der Waals surface area (Å²) in [6.07, 6.45) is -3.71. The highest BCUT2D eigenvalue weighted by Gasteiger charge is 2.25. The third-order valence-corrected chi connectivity index (χ3v) is 2.47. The van der Waals surface area contributed by atoms with Crippen molar-refractivity contribution < 1.29 is 31.8 Å². The maximum atomic E-state index is 13.1. The average Bonchev–Trinajstić information content (AvgIpc) is 2.38. The molecule has 4 nitrogen and oxygen atoms in total. The van der Waals surface area contributed by atoms with Crippen molar-refractivity contribution in [2.45, 2.75) is 26.4 Å². The van der Waals surface area contributed by atoms with E-state index < -0.39 is 42.3 Å². The quantitative estimate of drug-likeness (QED) is 0.598. The summed E-state index contributed by atoms with van der Waals surface area (Å²) in [5.74, 6) is -1.70. The predicted octanol–water partition coefficient (Wildman–Crippen LogP) is 3.20. The molecule has 0 atom stereocenters. The molecule has 0 aliphatic carbocycles. The molecule has 0 fully saturated rings. The van der Waals surface area contributed by atoms with Crippen molar-refractivity contribution in [1.82, 2.24) is 0 Å². The highest BCUT2D eigenvalue weighted by Crippen LogP contribution is 2.36. The van der Waals surface area contributed by atoms with E-state index >= 15 is 0 Å². The van der Waals surface area contributed by atoms with Gasteiger partial charge in [0, 0.05) is 0 Å². The highest BCUT2D eigenvalue weighted by molar-refractivity contribution is 5.74. The van der Waals surface area contributed by atoms with Gasteiger partial charge in [0.25, 0.3) is 6.43 Å². The normalized spacial score (nSPS) is 10.6. The molecule has 0 amide bonds. The van der Waals surface area contributed by atoms with Gasteiger partial charge in [-0.15, -0.1) is 0 Å². The van der Waals surface area contributed by atoms with Crippen LogP contribution in [0, 0.1) is 11.3 Å². The Hall–Kier alpha value is -2.30. The van der Waals surface area contributed by atoms with Crippen LogP contribution >= 0.6 is 0 Å². The van der Waals surface area contributed by atoms with E-state index in [0.717, 1.165) is 12.1 Å². The highest BCUT2D eigenvalue weighted by atomic mass is 19.3. The van der Waals surface area contributed by atoms with E-state index in [2.05, 4.69) is 9.47 Å². The molecule has 0 aromatic heterocycles. The first-order valence-electron chi connectivity index (χ1n) is 5.85. The first kappa shape index (κ1) is 16.8. The van der Waals surface area contributed by atoms with E-state index in [1.165, 1.54) is 13.0 Å². The zero-order valence-corrected chi connectivity index (χ0v) is 10.9.